The number of aryl methyl sites for hydroxylation is 1. The molecule has 1 aromatic rings. The lowest BCUT2D eigenvalue weighted by Gasteiger charge is -1.95. The lowest BCUT2D eigenvalue weighted by Crippen LogP contribution is -1.84. The second-order valence-electron chi connectivity index (χ2n) is 2.52. The molecule has 0 radical (unpaired) electrons. The van der Waals surface area contributed by atoms with Gasteiger partial charge in [-0.3, -0.25) is 0 Å². The van der Waals surface area contributed by atoms with Crippen molar-refractivity contribution in [2.45, 2.75) is 19.3 Å². The summed E-state index contributed by atoms with van der Waals surface area (Å²) in [7, 11) is 0. The quantitative estimate of drug-likeness (QED) is 0.502. The summed E-state index contributed by atoms with van der Waals surface area (Å²) in [6.45, 7) is 3.63. The maximum atomic E-state index is 9.19. The van der Waals surface area contributed by atoms with Gasteiger partial charge in [0.15, 0.2) is 0 Å². The Morgan fingerprint density at radius 1 is 1.64 bits per heavy atom. The van der Waals surface area contributed by atoms with Gasteiger partial charge in [0.2, 0.25) is 0 Å². The standard InChI is InChI=1S/C9H13NO/c1-2-3-4-5-8-9(11)6-7-10-8/h2,6-7,10-11H,1,3-5H2. The van der Waals surface area contributed by atoms with Gasteiger partial charge in [-0.2, -0.15) is 0 Å². The molecule has 11 heavy (non-hydrogen) atoms. The highest BCUT2D eigenvalue weighted by Gasteiger charge is 1.98. The molecule has 1 heterocycles. The summed E-state index contributed by atoms with van der Waals surface area (Å²) in [4.78, 5) is 2.98. The number of hydrogen-bond donors (Lipinski definition) is 2. The van der Waals surface area contributed by atoms with E-state index in [-0.39, 0.29) is 0 Å². The number of unbranched alkanes of at least 4 members (excludes halogenated alkanes) is 1. The summed E-state index contributed by atoms with van der Waals surface area (Å²) >= 11 is 0. The molecule has 1 aromatic heterocycles. The summed E-state index contributed by atoms with van der Waals surface area (Å²) < 4.78 is 0. The highest BCUT2D eigenvalue weighted by atomic mass is 16.3. The molecule has 0 bridgehead atoms. The number of rotatable bonds is 4. The van der Waals surface area contributed by atoms with Crippen LogP contribution in [0.2, 0.25) is 0 Å². The van der Waals surface area contributed by atoms with Crippen LogP contribution in [0, 0.1) is 0 Å². The van der Waals surface area contributed by atoms with Crippen LogP contribution in [0.5, 0.6) is 5.75 Å². The molecule has 2 nitrogen and oxygen atoms in total. The van der Waals surface area contributed by atoms with E-state index in [1.165, 1.54) is 0 Å². The van der Waals surface area contributed by atoms with Gasteiger partial charge in [0.25, 0.3) is 0 Å². The summed E-state index contributed by atoms with van der Waals surface area (Å²) in [6.07, 6.45) is 6.57. The zero-order chi connectivity index (χ0) is 8.10. The first-order valence-corrected chi connectivity index (χ1v) is 3.80. The molecule has 0 unspecified atom stereocenters. The van der Waals surface area contributed by atoms with Crippen molar-refractivity contribution in [2.75, 3.05) is 0 Å². The van der Waals surface area contributed by atoms with Gasteiger partial charge < -0.3 is 10.1 Å². The molecular weight excluding hydrogens is 138 g/mol. The lowest BCUT2D eigenvalue weighted by molar-refractivity contribution is 0.467. The first-order chi connectivity index (χ1) is 5.34. The van der Waals surface area contributed by atoms with E-state index in [0.717, 1.165) is 25.0 Å². The van der Waals surface area contributed by atoms with Gasteiger partial charge >= 0.3 is 0 Å². The molecule has 1 rings (SSSR count). The molecule has 0 aliphatic rings. The zero-order valence-electron chi connectivity index (χ0n) is 6.51. The van der Waals surface area contributed by atoms with E-state index < -0.39 is 0 Å². The lowest BCUT2D eigenvalue weighted by atomic mass is 10.2. The van der Waals surface area contributed by atoms with Crippen LogP contribution in [-0.4, -0.2) is 10.1 Å². The molecule has 60 valence electrons. The second kappa shape index (κ2) is 3.86. The number of aromatic nitrogens is 1. The van der Waals surface area contributed by atoms with Crippen LogP contribution in [0.4, 0.5) is 0 Å². The van der Waals surface area contributed by atoms with E-state index in [4.69, 9.17) is 0 Å². The van der Waals surface area contributed by atoms with Crippen LogP contribution >= 0.6 is 0 Å². The Labute approximate surface area is 66.6 Å². The van der Waals surface area contributed by atoms with E-state index >= 15 is 0 Å². The minimum atomic E-state index is 0.370. The molecule has 0 aliphatic carbocycles. The maximum Gasteiger partial charge on any atom is 0.136 e. The molecular formula is C9H13NO. The monoisotopic (exact) mass is 151 g/mol. The zero-order valence-corrected chi connectivity index (χ0v) is 6.51. The van der Waals surface area contributed by atoms with Gasteiger partial charge in [0.05, 0.1) is 5.69 Å². The van der Waals surface area contributed by atoms with E-state index in [9.17, 15) is 5.11 Å². The second-order valence-corrected chi connectivity index (χ2v) is 2.52. The van der Waals surface area contributed by atoms with Crippen molar-refractivity contribution in [1.82, 2.24) is 4.98 Å². The minimum Gasteiger partial charge on any atom is -0.506 e. The number of H-pyrrole nitrogens is 1. The van der Waals surface area contributed by atoms with Crippen molar-refractivity contribution < 1.29 is 5.11 Å². The van der Waals surface area contributed by atoms with E-state index in [0.29, 0.717) is 5.75 Å². The SMILES string of the molecule is C=CCCCc1[nH]ccc1O. The van der Waals surface area contributed by atoms with Crippen molar-refractivity contribution in [3.63, 3.8) is 0 Å². The Bertz CT molecular complexity index is 227. The molecule has 0 saturated carbocycles. The van der Waals surface area contributed by atoms with Gasteiger partial charge in [-0.15, -0.1) is 6.58 Å². The molecule has 0 aromatic carbocycles. The average Bonchev–Trinajstić information content (AvgIpc) is 2.37. The Hall–Kier alpha value is -1.18. The Morgan fingerprint density at radius 2 is 2.45 bits per heavy atom. The summed E-state index contributed by atoms with van der Waals surface area (Å²) in [5, 5.41) is 9.19. The largest absolute Gasteiger partial charge is 0.506 e. The van der Waals surface area contributed by atoms with Crippen molar-refractivity contribution >= 4 is 0 Å². The molecule has 0 fully saturated rings. The predicted molar refractivity (Wildman–Crippen MR) is 45.6 cm³/mol. The molecule has 2 heteroatoms. The number of hydrogen-bond acceptors (Lipinski definition) is 1. The van der Waals surface area contributed by atoms with Gasteiger partial charge in [-0.05, 0) is 25.3 Å². The first kappa shape index (κ1) is 7.92. The third-order valence-electron chi connectivity index (χ3n) is 1.64. The molecule has 0 saturated heterocycles. The highest BCUT2D eigenvalue weighted by Crippen LogP contribution is 2.16. The molecule has 0 aliphatic heterocycles. The van der Waals surface area contributed by atoms with Crippen molar-refractivity contribution in [3.8, 4) is 5.75 Å². The van der Waals surface area contributed by atoms with Gasteiger partial charge in [-0.1, -0.05) is 6.08 Å². The van der Waals surface area contributed by atoms with Crippen molar-refractivity contribution in [2.24, 2.45) is 0 Å². The van der Waals surface area contributed by atoms with Crippen LogP contribution in [0.1, 0.15) is 18.5 Å². The van der Waals surface area contributed by atoms with Crippen molar-refractivity contribution in [1.29, 1.82) is 0 Å². The highest BCUT2D eigenvalue weighted by molar-refractivity contribution is 5.25. The topological polar surface area (TPSA) is 36.0 Å². The average molecular weight is 151 g/mol. The Kier molecular flexibility index (Phi) is 2.78. The molecule has 2 N–H and O–H groups in total. The fourth-order valence-electron chi connectivity index (χ4n) is 1.02. The van der Waals surface area contributed by atoms with Crippen LogP contribution in [0.25, 0.3) is 0 Å². The number of nitrogens with one attached hydrogen (secondary N) is 1. The number of allylic oxidation sites excluding steroid dienone is 1. The predicted octanol–water partition coefficient (Wildman–Crippen LogP) is 2.23. The maximum absolute atomic E-state index is 9.19. The van der Waals surface area contributed by atoms with Crippen LogP contribution < -0.4 is 0 Å². The summed E-state index contributed by atoms with van der Waals surface area (Å²) in [6, 6.07) is 1.67. The van der Waals surface area contributed by atoms with Crippen LogP contribution in [-0.2, 0) is 6.42 Å². The normalized spacial score (nSPS) is 9.82. The fraction of sp³-hybridized carbons (Fsp3) is 0.333. The molecule has 0 atom stereocenters. The molecule has 0 spiro atoms. The summed E-state index contributed by atoms with van der Waals surface area (Å²) in [5.74, 6) is 0.370. The number of aromatic amines is 1. The summed E-state index contributed by atoms with van der Waals surface area (Å²) in [5.41, 5.74) is 0.923. The van der Waals surface area contributed by atoms with E-state index in [1.54, 1.807) is 12.3 Å². The van der Waals surface area contributed by atoms with E-state index in [1.807, 2.05) is 6.08 Å². The third-order valence-corrected chi connectivity index (χ3v) is 1.64. The molecule has 0 amide bonds. The van der Waals surface area contributed by atoms with Gasteiger partial charge in [0, 0.05) is 6.20 Å². The van der Waals surface area contributed by atoms with Gasteiger partial charge in [0.1, 0.15) is 5.75 Å². The van der Waals surface area contributed by atoms with Crippen LogP contribution in [0.3, 0.4) is 0 Å². The van der Waals surface area contributed by atoms with Crippen molar-refractivity contribution in [3.05, 3.63) is 30.6 Å². The Morgan fingerprint density at radius 3 is 3.00 bits per heavy atom. The van der Waals surface area contributed by atoms with Gasteiger partial charge in [-0.25, -0.2) is 0 Å². The van der Waals surface area contributed by atoms with Crippen LogP contribution in [0.15, 0.2) is 24.9 Å². The Balaban J connectivity index is 2.38. The third kappa shape index (κ3) is 2.15. The minimum absolute atomic E-state index is 0.370. The first-order valence-electron chi connectivity index (χ1n) is 3.80. The number of aromatic hydroxyl groups is 1. The smallest absolute Gasteiger partial charge is 0.136 e. The van der Waals surface area contributed by atoms with E-state index in [2.05, 4.69) is 11.6 Å². The fourth-order valence-corrected chi connectivity index (χ4v) is 1.02.